The lowest BCUT2D eigenvalue weighted by Crippen LogP contribution is -2.28. The van der Waals surface area contributed by atoms with Crippen LogP contribution in [0.15, 0.2) is 23.8 Å². The number of rotatable bonds is 4. The average molecular weight is 286 g/mol. The number of nitrogens with zero attached hydrogens (tertiary/aromatic N) is 2. The first kappa shape index (κ1) is 14.9. The molecule has 0 N–H and O–H groups in total. The Balaban J connectivity index is 2.34. The number of benzene rings is 1. The van der Waals surface area contributed by atoms with E-state index in [1.807, 2.05) is 6.07 Å². The van der Waals surface area contributed by atoms with Crippen LogP contribution in [0.5, 0.6) is 11.5 Å². The van der Waals surface area contributed by atoms with Gasteiger partial charge in [0.1, 0.15) is 23.1 Å². The molecule has 0 saturated carbocycles. The van der Waals surface area contributed by atoms with E-state index in [-0.39, 0.29) is 11.5 Å². The van der Waals surface area contributed by atoms with Crippen LogP contribution in [0.3, 0.4) is 0 Å². The topological polar surface area (TPSA) is 62.6 Å². The number of methoxy groups -OCH3 is 2. The molecule has 1 aliphatic heterocycles. The number of hydrogen-bond acceptors (Lipinski definition) is 4. The second kappa shape index (κ2) is 6.80. The summed E-state index contributed by atoms with van der Waals surface area (Å²) in [5.41, 5.74) is 0.768. The van der Waals surface area contributed by atoms with Gasteiger partial charge in [0.25, 0.3) is 5.91 Å². The molecule has 5 nitrogen and oxygen atoms in total. The van der Waals surface area contributed by atoms with Gasteiger partial charge in [-0.25, -0.2) is 0 Å². The van der Waals surface area contributed by atoms with Gasteiger partial charge in [-0.2, -0.15) is 5.26 Å². The van der Waals surface area contributed by atoms with E-state index in [4.69, 9.17) is 9.47 Å². The van der Waals surface area contributed by atoms with Gasteiger partial charge in [0.15, 0.2) is 0 Å². The predicted octanol–water partition coefficient (Wildman–Crippen LogP) is 2.23. The quantitative estimate of drug-likeness (QED) is 0.629. The van der Waals surface area contributed by atoms with E-state index in [2.05, 4.69) is 0 Å². The van der Waals surface area contributed by atoms with Crippen LogP contribution in [0.1, 0.15) is 18.4 Å². The summed E-state index contributed by atoms with van der Waals surface area (Å²) in [6, 6.07) is 7.25. The summed E-state index contributed by atoms with van der Waals surface area (Å²) in [4.78, 5) is 14.0. The maximum atomic E-state index is 12.3. The van der Waals surface area contributed by atoms with Crippen LogP contribution in [0.2, 0.25) is 0 Å². The van der Waals surface area contributed by atoms with Crippen LogP contribution in [-0.4, -0.2) is 38.1 Å². The Morgan fingerprint density at radius 2 is 2.00 bits per heavy atom. The molecule has 1 fully saturated rings. The van der Waals surface area contributed by atoms with Gasteiger partial charge in [0, 0.05) is 18.7 Å². The molecule has 0 aromatic heterocycles. The summed E-state index contributed by atoms with van der Waals surface area (Å²) in [7, 11) is 3.11. The minimum Gasteiger partial charge on any atom is -0.497 e. The van der Waals surface area contributed by atoms with Crippen LogP contribution >= 0.6 is 0 Å². The maximum absolute atomic E-state index is 12.3. The molecule has 1 heterocycles. The number of carbonyl (C=O) groups is 1. The lowest BCUT2D eigenvalue weighted by molar-refractivity contribution is -0.125. The first-order valence-electron chi connectivity index (χ1n) is 6.82. The molecule has 1 aliphatic rings. The van der Waals surface area contributed by atoms with Crippen molar-refractivity contribution in [3.8, 4) is 17.6 Å². The van der Waals surface area contributed by atoms with Crippen molar-refractivity contribution >= 4 is 12.0 Å². The summed E-state index contributed by atoms with van der Waals surface area (Å²) in [6.45, 7) is 1.43. The lowest BCUT2D eigenvalue weighted by Gasteiger charge is -2.14. The Kier molecular flexibility index (Phi) is 4.83. The van der Waals surface area contributed by atoms with Gasteiger partial charge in [-0.05, 0) is 37.1 Å². The summed E-state index contributed by atoms with van der Waals surface area (Å²) in [5, 5.41) is 9.27. The molecule has 1 saturated heterocycles. The normalized spacial score (nSPS) is 14.7. The molecule has 21 heavy (non-hydrogen) atoms. The number of likely N-dealkylation sites (tertiary alicyclic amines) is 1. The number of ether oxygens (including phenoxy) is 2. The molecule has 1 amide bonds. The molecule has 0 aliphatic carbocycles. The molecule has 0 spiro atoms. The van der Waals surface area contributed by atoms with Crippen LogP contribution in [0.4, 0.5) is 0 Å². The monoisotopic (exact) mass is 286 g/mol. The minimum atomic E-state index is -0.222. The van der Waals surface area contributed by atoms with Crippen LogP contribution < -0.4 is 9.47 Å². The molecule has 1 aromatic carbocycles. The number of nitriles is 1. The Morgan fingerprint density at radius 1 is 1.29 bits per heavy atom. The highest BCUT2D eigenvalue weighted by Crippen LogP contribution is 2.26. The zero-order valence-corrected chi connectivity index (χ0v) is 12.3. The third kappa shape index (κ3) is 3.34. The zero-order valence-electron chi connectivity index (χ0n) is 12.3. The molecule has 5 heteroatoms. The summed E-state index contributed by atoms with van der Waals surface area (Å²) in [5.74, 6) is 1.02. The molecule has 2 rings (SSSR count). The van der Waals surface area contributed by atoms with Crippen molar-refractivity contribution in [2.75, 3.05) is 27.3 Å². The molecule has 0 unspecified atom stereocenters. The molecule has 0 atom stereocenters. The Morgan fingerprint density at radius 3 is 2.57 bits per heavy atom. The fourth-order valence-electron chi connectivity index (χ4n) is 2.34. The Bertz CT molecular complexity index is 596. The average Bonchev–Trinajstić information content (AvgIpc) is 3.06. The molecular formula is C16H18N2O3. The van der Waals surface area contributed by atoms with Crippen molar-refractivity contribution in [1.29, 1.82) is 5.26 Å². The van der Waals surface area contributed by atoms with E-state index >= 15 is 0 Å². The van der Waals surface area contributed by atoms with Crippen LogP contribution in [0.25, 0.3) is 6.08 Å². The van der Waals surface area contributed by atoms with Gasteiger partial charge >= 0.3 is 0 Å². The first-order valence-corrected chi connectivity index (χ1v) is 6.82. The standard InChI is InChI=1S/C16H18N2O3/c1-20-14-5-6-15(21-2)12(10-14)9-13(11-17)16(19)18-7-3-4-8-18/h5-6,9-10H,3-4,7-8H2,1-2H3/b13-9+. The predicted molar refractivity (Wildman–Crippen MR) is 79.0 cm³/mol. The third-order valence-corrected chi connectivity index (χ3v) is 3.48. The van der Waals surface area contributed by atoms with Crippen LogP contribution in [-0.2, 0) is 4.79 Å². The van der Waals surface area contributed by atoms with E-state index in [0.29, 0.717) is 30.2 Å². The molecular weight excluding hydrogens is 268 g/mol. The fraction of sp³-hybridized carbons (Fsp3) is 0.375. The van der Waals surface area contributed by atoms with Gasteiger partial charge in [0.05, 0.1) is 14.2 Å². The Hall–Kier alpha value is -2.48. The van der Waals surface area contributed by atoms with Crippen molar-refractivity contribution in [2.24, 2.45) is 0 Å². The van der Waals surface area contributed by atoms with Gasteiger partial charge in [-0.15, -0.1) is 0 Å². The van der Waals surface area contributed by atoms with E-state index in [1.165, 1.54) is 0 Å². The van der Waals surface area contributed by atoms with Gasteiger partial charge < -0.3 is 14.4 Å². The van der Waals surface area contributed by atoms with Crippen molar-refractivity contribution in [1.82, 2.24) is 4.90 Å². The van der Waals surface area contributed by atoms with Gasteiger partial charge in [0.2, 0.25) is 0 Å². The van der Waals surface area contributed by atoms with E-state index in [0.717, 1.165) is 12.8 Å². The van der Waals surface area contributed by atoms with Crippen molar-refractivity contribution in [3.63, 3.8) is 0 Å². The van der Waals surface area contributed by atoms with E-state index < -0.39 is 0 Å². The highest BCUT2D eigenvalue weighted by atomic mass is 16.5. The molecule has 0 bridgehead atoms. The minimum absolute atomic E-state index is 0.114. The van der Waals surface area contributed by atoms with Crippen molar-refractivity contribution in [3.05, 3.63) is 29.3 Å². The van der Waals surface area contributed by atoms with Crippen LogP contribution in [0, 0.1) is 11.3 Å². The van der Waals surface area contributed by atoms with Gasteiger partial charge in [-0.1, -0.05) is 0 Å². The fourth-order valence-corrected chi connectivity index (χ4v) is 2.34. The number of amides is 1. The molecule has 0 radical (unpaired) electrons. The Labute approximate surface area is 124 Å². The lowest BCUT2D eigenvalue weighted by atomic mass is 10.1. The largest absolute Gasteiger partial charge is 0.497 e. The third-order valence-electron chi connectivity index (χ3n) is 3.48. The van der Waals surface area contributed by atoms with Gasteiger partial charge in [-0.3, -0.25) is 4.79 Å². The molecule has 1 aromatic rings. The van der Waals surface area contributed by atoms with Crippen molar-refractivity contribution in [2.45, 2.75) is 12.8 Å². The summed E-state index contributed by atoms with van der Waals surface area (Å²) in [6.07, 6.45) is 3.54. The summed E-state index contributed by atoms with van der Waals surface area (Å²) >= 11 is 0. The summed E-state index contributed by atoms with van der Waals surface area (Å²) < 4.78 is 10.4. The second-order valence-electron chi connectivity index (χ2n) is 4.78. The smallest absolute Gasteiger partial charge is 0.264 e. The maximum Gasteiger partial charge on any atom is 0.264 e. The zero-order chi connectivity index (χ0) is 15.2. The van der Waals surface area contributed by atoms with E-state index in [9.17, 15) is 10.1 Å². The number of hydrogen-bond donors (Lipinski definition) is 0. The second-order valence-corrected chi connectivity index (χ2v) is 4.78. The van der Waals surface area contributed by atoms with E-state index in [1.54, 1.807) is 43.4 Å². The molecule has 110 valence electrons. The highest BCUT2D eigenvalue weighted by molar-refractivity contribution is 6.02. The number of carbonyl (C=O) groups excluding carboxylic acids is 1. The SMILES string of the molecule is COc1ccc(OC)c(/C=C(\C#N)C(=O)N2CCCC2)c1. The first-order chi connectivity index (χ1) is 10.2. The highest BCUT2D eigenvalue weighted by Gasteiger charge is 2.21. The van der Waals surface area contributed by atoms with Crippen molar-refractivity contribution < 1.29 is 14.3 Å².